The van der Waals surface area contributed by atoms with E-state index in [0.29, 0.717) is 26.2 Å². The number of benzene rings is 1. The summed E-state index contributed by atoms with van der Waals surface area (Å²) in [5, 5.41) is 9.47. The first-order valence-electron chi connectivity index (χ1n) is 5.27. The highest BCUT2D eigenvalue weighted by molar-refractivity contribution is 14.1. The summed E-state index contributed by atoms with van der Waals surface area (Å²) in [4.78, 5) is 12.1. The molecule has 0 saturated heterocycles. The van der Waals surface area contributed by atoms with Crippen LogP contribution in [0.25, 0.3) is 0 Å². The van der Waals surface area contributed by atoms with Crippen molar-refractivity contribution < 1.29 is 9.18 Å². The molecule has 1 aromatic carbocycles. The number of hydrogen-bond donors (Lipinski definition) is 2. The molecule has 0 aliphatic carbocycles. The second-order valence-electron chi connectivity index (χ2n) is 3.89. The zero-order valence-electron chi connectivity index (χ0n) is 9.84. The van der Waals surface area contributed by atoms with E-state index < -0.39 is 0 Å². The van der Waals surface area contributed by atoms with Gasteiger partial charge in [-0.15, -0.1) is 0 Å². The normalized spacial score (nSPS) is 10.4. The van der Waals surface area contributed by atoms with E-state index in [9.17, 15) is 9.18 Å². The largest absolute Gasteiger partial charge is 0.321 e. The molecule has 0 saturated carbocycles. The van der Waals surface area contributed by atoms with Crippen LogP contribution in [0, 0.1) is 23.2 Å². The van der Waals surface area contributed by atoms with Gasteiger partial charge in [0.15, 0.2) is 0 Å². The van der Waals surface area contributed by atoms with Crippen molar-refractivity contribution in [2.24, 2.45) is 0 Å². The summed E-state index contributed by atoms with van der Waals surface area (Å²) < 4.78 is 13.6. The van der Waals surface area contributed by atoms with E-state index in [0.717, 1.165) is 0 Å². The molecule has 1 amide bonds. The molecular formula is C12H11FIN3O. The molecule has 0 bridgehead atoms. The molecule has 0 aliphatic heterocycles. The molecule has 94 valence electrons. The van der Waals surface area contributed by atoms with Gasteiger partial charge in [0, 0.05) is 9.26 Å². The molecule has 4 nitrogen and oxygen atoms in total. The number of H-pyrrole nitrogens is 1. The molecule has 0 fully saturated rings. The molecule has 2 N–H and O–H groups in total. The second kappa shape index (κ2) is 5.05. The lowest BCUT2D eigenvalue weighted by molar-refractivity contribution is 0.102. The maximum Gasteiger partial charge on any atom is 0.259 e. The molecule has 0 aliphatic rings. The number of aromatic nitrogens is 2. The standard InChI is InChI=1S/C12H11FIN3O/c1-6-11(7(2)17-16-6)12(18)15-10-4-3-8(13)5-9(10)14/h3-5H,1-2H3,(H,15,18)(H,16,17). The molecule has 2 aromatic rings. The van der Waals surface area contributed by atoms with E-state index in [4.69, 9.17) is 0 Å². The van der Waals surface area contributed by atoms with Crippen LogP contribution in [0.1, 0.15) is 21.7 Å². The number of nitrogens with one attached hydrogen (secondary N) is 2. The number of carbonyl (C=O) groups excluding carboxylic acids is 1. The fourth-order valence-electron chi connectivity index (χ4n) is 1.66. The van der Waals surface area contributed by atoms with Gasteiger partial charge >= 0.3 is 0 Å². The van der Waals surface area contributed by atoms with Gasteiger partial charge in [-0.1, -0.05) is 0 Å². The Morgan fingerprint density at radius 1 is 1.44 bits per heavy atom. The monoisotopic (exact) mass is 359 g/mol. The molecule has 0 spiro atoms. The van der Waals surface area contributed by atoms with Gasteiger partial charge in [-0.3, -0.25) is 9.89 Å². The fraction of sp³-hybridized carbons (Fsp3) is 0.167. The maximum atomic E-state index is 13.0. The SMILES string of the molecule is Cc1n[nH]c(C)c1C(=O)Nc1ccc(F)cc1I. The number of nitrogens with zero attached hydrogens (tertiary/aromatic N) is 1. The maximum absolute atomic E-state index is 13.0. The van der Waals surface area contributed by atoms with Crippen molar-refractivity contribution in [1.29, 1.82) is 0 Å². The van der Waals surface area contributed by atoms with Crippen LogP contribution >= 0.6 is 22.6 Å². The number of hydrogen-bond acceptors (Lipinski definition) is 2. The Morgan fingerprint density at radius 2 is 2.17 bits per heavy atom. The molecule has 1 aromatic heterocycles. The Labute approximate surface area is 117 Å². The van der Waals surface area contributed by atoms with Crippen molar-refractivity contribution >= 4 is 34.2 Å². The molecule has 6 heteroatoms. The van der Waals surface area contributed by atoms with E-state index in [2.05, 4.69) is 15.5 Å². The first-order valence-corrected chi connectivity index (χ1v) is 6.35. The van der Waals surface area contributed by atoms with Gasteiger partial charge in [0.2, 0.25) is 0 Å². The van der Waals surface area contributed by atoms with E-state index in [1.807, 2.05) is 22.6 Å². The minimum absolute atomic E-state index is 0.247. The first kappa shape index (κ1) is 13.0. The summed E-state index contributed by atoms with van der Waals surface area (Å²) in [5.41, 5.74) is 2.46. The number of halogens is 2. The third kappa shape index (κ3) is 2.53. The summed E-state index contributed by atoms with van der Waals surface area (Å²) in [6, 6.07) is 4.22. The van der Waals surface area contributed by atoms with E-state index in [1.165, 1.54) is 12.1 Å². The lowest BCUT2D eigenvalue weighted by atomic mass is 10.2. The lowest BCUT2D eigenvalue weighted by Crippen LogP contribution is -2.14. The van der Waals surface area contributed by atoms with Gasteiger partial charge in [0.05, 0.1) is 16.9 Å². The summed E-state index contributed by atoms with van der Waals surface area (Å²) in [6.07, 6.45) is 0. The molecule has 2 rings (SSSR count). The van der Waals surface area contributed by atoms with Crippen LogP contribution in [0.4, 0.5) is 10.1 Å². The van der Waals surface area contributed by atoms with Gasteiger partial charge in [-0.25, -0.2) is 4.39 Å². The van der Waals surface area contributed by atoms with Crippen LogP contribution in [0.5, 0.6) is 0 Å². The third-order valence-electron chi connectivity index (χ3n) is 2.53. The summed E-state index contributed by atoms with van der Waals surface area (Å²) in [5.74, 6) is -0.573. The highest BCUT2D eigenvalue weighted by atomic mass is 127. The molecule has 0 unspecified atom stereocenters. The fourth-order valence-corrected chi connectivity index (χ4v) is 2.27. The van der Waals surface area contributed by atoms with Crippen LogP contribution in [0.2, 0.25) is 0 Å². The van der Waals surface area contributed by atoms with Gasteiger partial charge in [0.1, 0.15) is 5.82 Å². The van der Waals surface area contributed by atoms with E-state index >= 15 is 0 Å². The van der Waals surface area contributed by atoms with E-state index in [1.54, 1.807) is 19.9 Å². The molecule has 0 radical (unpaired) electrons. The highest BCUT2D eigenvalue weighted by Gasteiger charge is 2.16. The van der Waals surface area contributed by atoms with Crippen molar-refractivity contribution in [3.63, 3.8) is 0 Å². The molecule has 0 atom stereocenters. The predicted molar refractivity (Wildman–Crippen MR) is 75.1 cm³/mol. The highest BCUT2D eigenvalue weighted by Crippen LogP contribution is 2.20. The number of amides is 1. The molecule has 1 heterocycles. The molecule has 18 heavy (non-hydrogen) atoms. The lowest BCUT2D eigenvalue weighted by Gasteiger charge is -2.07. The van der Waals surface area contributed by atoms with Crippen LogP contribution in [-0.4, -0.2) is 16.1 Å². The van der Waals surface area contributed by atoms with Crippen LogP contribution in [-0.2, 0) is 0 Å². The minimum atomic E-state index is -0.326. The number of carbonyl (C=O) groups is 1. The Morgan fingerprint density at radius 3 is 2.72 bits per heavy atom. The summed E-state index contributed by atoms with van der Waals surface area (Å²) in [6.45, 7) is 3.54. The van der Waals surface area contributed by atoms with Gasteiger partial charge < -0.3 is 5.32 Å². The Bertz CT molecular complexity index is 590. The number of aryl methyl sites for hydroxylation is 2. The topological polar surface area (TPSA) is 57.8 Å². The Balaban J connectivity index is 2.27. The average molecular weight is 359 g/mol. The van der Waals surface area contributed by atoms with Crippen molar-refractivity contribution in [2.75, 3.05) is 5.32 Å². The second-order valence-corrected chi connectivity index (χ2v) is 5.05. The smallest absolute Gasteiger partial charge is 0.259 e. The van der Waals surface area contributed by atoms with Crippen LogP contribution in [0.15, 0.2) is 18.2 Å². The van der Waals surface area contributed by atoms with E-state index in [-0.39, 0.29) is 11.7 Å². The quantitative estimate of drug-likeness (QED) is 0.810. The van der Waals surface area contributed by atoms with Crippen molar-refractivity contribution in [2.45, 2.75) is 13.8 Å². The average Bonchev–Trinajstić information content (AvgIpc) is 2.62. The number of aromatic amines is 1. The Hall–Kier alpha value is -1.44. The summed E-state index contributed by atoms with van der Waals surface area (Å²) >= 11 is 1.98. The van der Waals surface area contributed by atoms with Crippen molar-refractivity contribution in [3.05, 3.63) is 44.5 Å². The van der Waals surface area contributed by atoms with Crippen molar-refractivity contribution in [3.8, 4) is 0 Å². The van der Waals surface area contributed by atoms with Crippen molar-refractivity contribution in [1.82, 2.24) is 10.2 Å². The molecular weight excluding hydrogens is 348 g/mol. The zero-order valence-corrected chi connectivity index (χ0v) is 12.0. The third-order valence-corrected chi connectivity index (χ3v) is 3.43. The van der Waals surface area contributed by atoms with Gasteiger partial charge in [-0.2, -0.15) is 5.10 Å². The Kier molecular flexibility index (Phi) is 3.65. The zero-order chi connectivity index (χ0) is 13.3. The first-order chi connectivity index (χ1) is 8.49. The van der Waals surface area contributed by atoms with Gasteiger partial charge in [0.25, 0.3) is 5.91 Å². The van der Waals surface area contributed by atoms with Crippen LogP contribution in [0.3, 0.4) is 0 Å². The predicted octanol–water partition coefficient (Wildman–Crippen LogP) is 3.02. The number of anilines is 1. The summed E-state index contributed by atoms with van der Waals surface area (Å²) in [7, 11) is 0. The number of rotatable bonds is 2. The van der Waals surface area contributed by atoms with Gasteiger partial charge in [-0.05, 0) is 54.6 Å². The minimum Gasteiger partial charge on any atom is -0.321 e. The van der Waals surface area contributed by atoms with Crippen LogP contribution < -0.4 is 5.32 Å².